The molecular formula is C14H12NO2+. The number of phenols is 2. The molecule has 17 heavy (non-hydrogen) atoms. The molecule has 3 rings (SSSR count). The Kier molecular flexibility index (Phi) is 1.97. The molecule has 84 valence electrons. The first kappa shape index (κ1) is 9.94. The van der Waals surface area contributed by atoms with E-state index >= 15 is 0 Å². The lowest BCUT2D eigenvalue weighted by molar-refractivity contribution is 0.396. The van der Waals surface area contributed by atoms with Crippen LogP contribution in [0.4, 0.5) is 0 Å². The number of fused-ring (bicyclic) bond motifs is 2. The van der Waals surface area contributed by atoms with Crippen LogP contribution in [-0.2, 0) is 6.54 Å². The van der Waals surface area contributed by atoms with Crippen molar-refractivity contribution >= 4 is 6.08 Å². The van der Waals surface area contributed by atoms with Crippen LogP contribution in [0.3, 0.4) is 0 Å². The van der Waals surface area contributed by atoms with E-state index in [-0.39, 0.29) is 11.5 Å². The first-order valence-corrected chi connectivity index (χ1v) is 5.46. The first-order chi connectivity index (χ1) is 8.16. The predicted octanol–water partition coefficient (Wildman–Crippen LogP) is 2.45. The number of rotatable bonds is 0. The number of hydrogen-bond acceptors (Lipinski definition) is 3. The molecule has 0 bridgehead atoms. The van der Waals surface area contributed by atoms with Crippen molar-refractivity contribution in [1.29, 1.82) is 0 Å². The Morgan fingerprint density at radius 1 is 1.35 bits per heavy atom. The smallest absolute Gasteiger partial charge is 0.210 e. The van der Waals surface area contributed by atoms with Gasteiger partial charge < -0.3 is 15.1 Å². The molecule has 0 radical (unpaired) electrons. The molecule has 0 unspecified atom stereocenters. The van der Waals surface area contributed by atoms with Crippen molar-refractivity contribution in [2.24, 2.45) is 0 Å². The number of hydrogen-bond donors (Lipinski definition) is 2. The van der Waals surface area contributed by atoms with E-state index in [0.29, 0.717) is 6.54 Å². The van der Waals surface area contributed by atoms with Crippen LogP contribution >= 0.6 is 0 Å². The minimum absolute atomic E-state index is 0.0267. The van der Waals surface area contributed by atoms with E-state index in [1.165, 1.54) is 0 Å². The minimum Gasteiger partial charge on any atom is -0.504 e. The van der Waals surface area contributed by atoms with Crippen molar-refractivity contribution in [2.75, 3.05) is 0 Å². The van der Waals surface area contributed by atoms with Gasteiger partial charge in [0.05, 0.1) is 31.0 Å². The molecule has 2 aliphatic rings. The van der Waals surface area contributed by atoms with Crippen molar-refractivity contribution < 1.29 is 10.2 Å². The molecule has 0 saturated heterocycles. The van der Waals surface area contributed by atoms with Gasteiger partial charge in [0.1, 0.15) is 6.08 Å². The van der Waals surface area contributed by atoms with E-state index in [1.54, 1.807) is 6.07 Å². The van der Waals surface area contributed by atoms with Gasteiger partial charge in [-0.05, 0) is 12.5 Å². The molecule has 0 aliphatic carbocycles. The molecular weight excluding hydrogens is 214 g/mol. The summed E-state index contributed by atoms with van der Waals surface area (Å²) in [4.78, 5) is 2.06. The molecule has 1 aromatic rings. The van der Waals surface area contributed by atoms with Crippen molar-refractivity contribution in [2.45, 2.75) is 13.5 Å². The Labute approximate surface area is 99.6 Å². The van der Waals surface area contributed by atoms with Crippen LogP contribution < -0.4 is 0 Å². The molecule has 3 heteroatoms. The summed E-state index contributed by atoms with van der Waals surface area (Å²) in [6, 6.07) is 1.60. The zero-order chi connectivity index (χ0) is 12.0. The van der Waals surface area contributed by atoms with Gasteiger partial charge >= 0.3 is 0 Å². The second-order valence-electron chi connectivity index (χ2n) is 4.25. The van der Waals surface area contributed by atoms with Gasteiger partial charge in [0.2, 0.25) is 5.70 Å². The Morgan fingerprint density at radius 2 is 2.18 bits per heavy atom. The second-order valence-corrected chi connectivity index (χ2v) is 4.25. The summed E-state index contributed by atoms with van der Waals surface area (Å²) in [5, 5.41) is 19.3. The number of benzene rings is 1. The summed E-state index contributed by atoms with van der Waals surface area (Å²) in [6.07, 6.45) is 10.9. The van der Waals surface area contributed by atoms with Crippen LogP contribution in [0.2, 0.25) is 0 Å². The highest BCUT2D eigenvalue weighted by Gasteiger charge is 2.25. The quantitative estimate of drug-likeness (QED) is 0.527. The molecule has 2 aliphatic heterocycles. The highest BCUT2D eigenvalue weighted by atomic mass is 16.3. The molecule has 3 nitrogen and oxygen atoms in total. The van der Waals surface area contributed by atoms with Crippen LogP contribution in [0.25, 0.3) is 6.08 Å². The van der Waals surface area contributed by atoms with E-state index in [4.69, 9.17) is 0 Å². The van der Waals surface area contributed by atoms with Crippen LogP contribution in [0, 0.1) is 13.0 Å². The number of allylic oxidation sites excluding steroid dienone is 3. The first-order valence-electron chi connectivity index (χ1n) is 5.46. The maximum Gasteiger partial charge on any atom is 0.210 e. The van der Waals surface area contributed by atoms with Crippen LogP contribution in [0.15, 0.2) is 30.1 Å². The molecule has 2 heterocycles. The van der Waals surface area contributed by atoms with Gasteiger partial charge in [-0.1, -0.05) is 0 Å². The lowest BCUT2D eigenvalue weighted by Gasteiger charge is -2.24. The maximum atomic E-state index is 9.73. The summed E-state index contributed by atoms with van der Waals surface area (Å²) >= 11 is 0. The second kappa shape index (κ2) is 3.37. The van der Waals surface area contributed by atoms with Crippen LogP contribution in [0.1, 0.15) is 16.7 Å². The van der Waals surface area contributed by atoms with Gasteiger partial charge in [0, 0.05) is 17.2 Å². The Morgan fingerprint density at radius 3 is 3.00 bits per heavy atom. The third kappa shape index (κ3) is 1.41. The number of phenolic OH excluding ortho intramolecular Hbond substituents is 2. The standard InChI is InChI=1S/C14H11NO2/c1-9-12-8-15-5-3-2-4-11(15)6-10(12)7-13(16)14(9)17/h2-3,5-7H,8H2,1H3,(H-,16,17)/p+1. The van der Waals surface area contributed by atoms with E-state index in [9.17, 15) is 10.2 Å². The molecule has 0 aromatic heterocycles. The average Bonchev–Trinajstić information content (AvgIpc) is 2.34. The van der Waals surface area contributed by atoms with E-state index in [0.717, 1.165) is 22.4 Å². The summed E-state index contributed by atoms with van der Waals surface area (Å²) in [5.41, 5.74) is 3.69. The van der Waals surface area contributed by atoms with Gasteiger partial charge in [-0.15, -0.1) is 0 Å². The molecule has 0 atom stereocenters. The Hall–Kier alpha value is -2.25. The Bertz CT molecular complexity index is 582. The number of aromatic hydroxyl groups is 2. The predicted molar refractivity (Wildman–Crippen MR) is 65.0 cm³/mol. The van der Waals surface area contributed by atoms with E-state index in [2.05, 4.69) is 11.0 Å². The molecule has 0 spiro atoms. The SMILES string of the molecule is Cc1c(O)c(O)cc2c1CN1C=CC=[C+]C1=C2. The minimum atomic E-state index is -0.0677. The lowest BCUT2D eigenvalue weighted by Crippen LogP contribution is -2.21. The highest BCUT2D eigenvalue weighted by Crippen LogP contribution is 2.38. The third-order valence-corrected chi connectivity index (χ3v) is 3.21. The Balaban J connectivity index is 2.20. The van der Waals surface area contributed by atoms with Gasteiger partial charge in [0.25, 0.3) is 0 Å². The fourth-order valence-electron chi connectivity index (χ4n) is 2.22. The number of nitrogens with zero attached hydrogens (tertiary/aromatic N) is 1. The zero-order valence-corrected chi connectivity index (χ0v) is 9.44. The summed E-state index contributed by atoms with van der Waals surface area (Å²) in [6.45, 7) is 2.51. The van der Waals surface area contributed by atoms with Gasteiger partial charge in [0.15, 0.2) is 11.5 Å². The van der Waals surface area contributed by atoms with Gasteiger partial charge in [-0.3, -0.25) is 0 Å². The monoisotopic (exact) mass is 226 g/mol. The molecule has 0 saturated carbocycles. The van der Waals surface area contributed by atoms with Gasteiger partial charge in [-0.25, -0.2) is 0 Å². The van der Waals surface area contributed by atoms with Crippen molar-refractivity contribution in [3.8, 4) is 11.5 Å². The third-order valence-electron chi connectivity index (χ3n) is 3.21. The fourth-order valence-corrected chi connectivity index (χ4v) is 2.22. The topological polar surface area (TPSA) is 43.7 Å². The normalized spacial score (nSPS) is 16.1. The molecule has 1 aromatic carbocycles. The van der Waals surface area contributed by atoms with Crippen molar-refractivity contribution in [3.05, 3.63) is 52.9 Å². The summed E-state index contributed by atoms with van der Waals surface area (Å²) in [7, 11) is 0. The summed E-state index contributed by atoms with van der Waals surface area (Å²) < 4.78 is 0. The maximum absolute atomic E-state index is 9.73. The largest absolute Gasteiger partial charge is 0.504 e. The van der Waals surface area contributed by atoms with E-state index in [1.807, 2.05) is 31.4 Å². The average molecular weight is 226 g/mol. The molecule has 2 N–H and O–H groups in total. The fraction of sp³-hybridized carbons (Fsp3) is 0.143. The summed E-state index contributed by atoms with van der Waals surface area (Å²) in [5.74, 6) is -0.0945. The van der Waals surface area contributed by atoms with Gasteiger partial charge in [-0.2, -0.15) is 0 Å². The van der Waals surface area contributed by atoms with Crippen molar-refractivity contribution in [1.82, 2.24) is 4.90 Å². The molecule has 0 amide bonds. The zero-order valence-electron chi connectivity index (χ0n) is 9.44. The van der Waals surface area contributed by atoms with Crippen LogP contribution in [-0.4, -0.2) is 15.1 Å². The molecule has 0 fully saturated rings. The van der Waals surface area contributed by atoms with Crippen LogP contribution in [0.5, 0.6) is 11.5 Å². The van der Waals surface area contributed by atoms with Crippen molar-refractivity contribution in [3.63, 3.8) is 0 Å². The highest BCUT2D eigenvalue weighted by molar-refractivity contribution is 5.67. The van der Waals surface area contributed by atoms with E-state index < -0.39 is 0 Å². The lowest BCUT2D eigenvalue weighted by atomic mass is 9.95.